The smallest absolute Gasteiger partial charge is 0.312 e. The number of carbonyl (C=O) groups excluding carboxylic acids is 1. The number of hydrogen-bond acceptors (Lipinski definition) is 6. The highest BCUT2D eigenvalue weighted by Gasteiger charge is 2.22. The lowest BCUT2D eigenvalue weighted by molar-refractivity contribution is -0.386. The summed E-state index contributed by atoms with van der Waals surface area (Å²) in [5.74, 6) is 0.596. The molecule has 0 amide bonds. The first-order valence-electron chi connectivity index (χ1n) is 8.52. The Morgan fingerprint density at radius 3 is 2.75 bits per heavy atom. The molecule has 0 saturated carbocycles. The molecule has 1 aromatic carbocycles. The van der Waals surface area contributed by atoms with Gasteiger partial charge in [-0.25, -0.2) is 0 Å². The minimum atomic E-state index is -0.416. The summed E-state index contributed by atoms with van der Waals surface area (Å²) in [5, 5.41) is 17.4. The Morgan fingerprint density at radius 2 is 2.14 bits per heavy atom. The van der Waals surface area contributed by atoms with Crippen molar-refractivity contribution in [3.05, 3.63) is 79.3 Å². The topological polar surface area (TPSA) is 87.3 Å². The van der Waals surface area contributed by atoms with Crippen LogP contribution in [-0.2, 0) is 6.54 Å². The van der Waals surface area contributed by atoms with E-state index in [1.807, 2.05) is 29.6 Å². The number of ketones is 1. The Balaban J connectivity index is 1.89. The molecule has 0 bridgehead atoms. The number of nitrogens with zero attached hydrogens (tertiary/aromatic N) is 3. The highest BCUT2D eigenvalue weighted by molar-refractivity contribution is 7.12. The van der Waals surface area contributed by atoms with Crippen LogP contribution in [0.3, 0.4) is 0 Å². The lowest BCUT2D eigenvalue weighted by Gasteiger charge is -2.10. The average Bonchev–Trinajstić information content (AvgIpc) is 3.28. The summed E-state index contributed by atoms with van der Waals surface area (Å²) < 4.78 is 7.01. The van der Waals surface area contributed by atoms with Gasteiger partial charge in [0.15, 0.2) is 5.78 Å². The van der Waals surface area contributed by atoms with Crippen LogP contribution < -0.4 is 4.74 Å². The van der Waals surface area contributed by atoms with E-state index >= 15 is 0 Å². The first-order chi connectivity index (χ1) is 13.4. The van der Waals surface area contributed by atoms with Gasteiger partial charge in [0.05, 0.1) is 23.5 Å². The predicted molar refractivity (Wildman–Crippen MR) is 108 cm³/mol. The van der Waals surface area contributed by atoms with Crippen LogP contribution in [0.2, 0.25) is 0 Å². The van der Waals surface area contributed by atoms with Crippen molar-refractivity contribution in [1.82, 2.24) is 9.78 Å². The van der Waals surface area contributed by atoms with Gasteiger partial charge in [-0.1, -0.05) is 18.2 Å². The molecule has 0 fully saturated rings. The summed E-state index contributed by atoms with van der Waals surface area (Å²) in [6.45, 7) is 3.62. The minimum Gasteiger partial charge on any atom is -0.496 e. The first-order valence-corrected chi connectivity index (χ1v) is 9.40. The Bertz CT molecular complexity index is 1050. The molecule has 3 rings (SSSR count). The largest absolute Gasteiger partial charge is 0.496 e. The number of benzene rings is 1. The van der Waals surface area contributed by atoms with Gasteiger partial charge in [0.25, 0.3) is 0 Å². The molecule has 0 saturated heterocycles. The third-order valence-corrected chi connectivity index (χ3v) is 5.23. The van der Waals surface area contributed by atoms with E-state index in [1.54, 1.807) is 37.8 Å². The number of rotatable bonds is 7. The number of hydrogen-bond donors (Lipinski definition) is 0. The number of carbonyl (C=O) groups is 1. The summed E-state index contributed by atoms with van der Waals surface area (Å²) in [5.41, 5.74) is 2.53. The van der Waals surface area contributed by atoms with E-state index in [-0.39, 0.29) is 11.5 Å². The second kappa shape index (κ2) is 8.18. The van der Waals surface area contributed by atoms with Crippen LogP contribution in [0, 0.1) is 24.0 Å². The van der Waals surface area contributed by atoms with E-state index in [9.17, 15) is 14.9 Å². The van der Waals surface area contributed by atoms with Gasteiger partial charge in [0.1, 0.15) is 17.1 Å². The van der Waals surface area contributed by atoms with Crippen molar-refractivity contribution < 1.29 is 14.5 Å². The average molecular weight is 397 g/mol. The van der Waals surface area contributed by atoms with Crippen molar-refractivity contribution in [2.75, 3.05) is 7.11 Å². The van der Waals surface area contributed by atoms with Gasteiger partial charge in [0.2, 0.25) is 0 Å². The molecule has 2 aromatic heterocycles. The van der Waals surface area contributed by atoms with Gasteiger partial charge in [-0.15, -0.1) is 11.3 Å². The number of ether oxygens (including phenoxy) is 1. The van der Waals surface area contributed by atoms with Crippen LogP contribution in [-0.4, -0.2) is 27.6 Å². The molecule has 0 aliphatic rings. The number of aryl methyl sites for hydroxylation is 1. The zero-order chi connectivity index (χ0) is 20.3. The van der Waals surface area contributed by atoms with Crippen molar-refractivity contribution >= 4 is 28.9 Å². The molecular weight excluding hydrogens is 378 g/mol. The normalized spacial score (nSPS) is 11.1. The van der Waals surface area contributed by atoms with Crippen LogP contribution >= 0.6 is 11.3 Å². The van der Waals surface area contributed by atoms with Gasteiger partial charge in [-0.3, -0.25) is 19.6 Å². The Kier molecular flexibility index (Phi) is 5.70. The highest BCUT2D eigenvalue weighted by Crippen LogP contribution is 2.26. The molecule has 144 valence electrons. The minimum absolute atomic E-state index is 0.0246. The molecule has 2 heterocycles. The van der Waals surface area contributed by atoms with Crippen molar-refractivity contribution in [3.63, 3.8) is 0 Å². The van der Waals surface area contributed by atoms with E-state index in [0.717, 1.165) is 11.1 Å². The van der Waals surface area contributed by atoms with Crippen LogP contribution in [0.4, 0.5) is 5.69 Å². The fourth-order valence-corrected chi connectivity index (χ4v) is 3.61. The SMILES string of the molecule is COc1ccc(/C=C/C(=O)c2cccs2)cc1Cn1nc(C)c([N+](=O)[O-])c1C. The zero-order valence-corrected chi connectivity index (χ0v) is 16.5. The van der Waals surface area contributed by atoms with Crippen molar-refractivity contribution in [1.29, 1.82) is 0 Å². The Hall–Kier alpha value is -3.26. The number of allylic oxidation sites excluding steroid dienone is 1. The maximum atomic E-state index is 12.1. The lowest BCUT2D eigenvalue weighted by Crippen LogP contribution is -2.06. The highest BCUT2D eigenvalue weighted by atomic mass is 32.1. The van der Waals surface area contributed by atoms with Gasteiger partial charge in [-0.05, 0) is 49.1 Å². The number of nitro groups is 1. The van der Waals surface area contributed by atoms with E-state index in [0.29, 0.717) is 28.6 Å². The second-order valence-electron chi connectivity index (χ2n) is 6.18. The summed E-state index contributed by atoms with van der Waals surface area (Å²) in [7, 11) is 1.57. The van der Waals surface area contributed by atoms with Crippen molar-refractivity contribution in [2.45, 2.75) is 20.4 Å². The van der Waals surface area contributed by atoms with Gasteiger partial charge in [0, 0.05) is 5.56 Å². The lowest BCUT2D eigenvalue weighted by atomic mass is 10.1. The number of thiophene rings is 1. The van der Waals surface area contributed by atoms with E-state index in [4.69, 9.17) is 4.74 Å². The Labute approximate surface area is 166 Å². The third-order valence-electron chi connectivity index (χ3n) is 4.34. The summed E-state index contributed by atoms with van der Waals surface area (Å²) in [6.07, 6.45) is 3.28. The predicted octanol–water partition coefficient (Wildman–Crippen LogP) is 4.42. The fraction of sp³-hybridized carbons (Fsp3) is 0.200. The molecule has 0 atom stereocenters. The third kappa shape index (κ3) is 4.01. The molecule has 0 radical (unpaired) electrons. The summed E-state index contributed by atoms with van der Waals surface area (Å²) >= 11 is 1.40. The van der Waals surface area contributed by atoms with E-state index in [2.05, 4.69) is 5.10 Å². The van der Waals surface area contributed by atoms with Gasteiger partial charge >= 0.3 is 5.69 Å². The molecule has 0 spiro atoms. The standard InChI is InChI=1S/C20H19N3O4S/c1-13-20(23(25)26)14(2)22(21-13)12-16-11-15(7-9-18(16)27-3)6-8-17(24)19-5-4-10-28-19/h4-11H,12H2,1-3H3/b8-6+. The van der Waals surface area contributed by atoms with Crippen molar-refractivity contribution in [2.24, 2.45) is 0 Å². The molecule has 0 aliphatic heterocycles. The molecule has 8 heteroatoms. The molecule has 0 aliphatic carbocycles. The molecule has 7 nitrogen and oxygen atoms in total. The Morgan fingerprint density at radius 1 is 1.36 bits per heavy atom. The quantitative estimate of drug-likeness (QED) is 0.255. The molecule has 28 heavy (non-hydrogen) atoms. The van der Waals surface area contributed by atoms with Crippen molar-refractivity contribution in [3.8, 4) is 5.75 Å². The van der Waals surface area contributed by atoms with Crippen LogP contribution in [0.15, 0.2) is 41.8 Å². The van der Waals surface area contributed by atoms with E-state index < -0.39 is 4.92 Å². The monoisotopic (exact) mass is 397 g/mol. The van der Waals surface area contributed by atoms with Gasteiger partial charge in [-0.2, -0.15) is 5.10 Å². The van der Waals surface area contributed by atoms with Crippen LogP contribution in [0.5, 0.6) is 5.75 Å². The molecule has 0 unspecified atom stereocenters. The maximum Gasteiger partial charge on any atom is 0.312 e. The second-order valence-corrected chi connectivity index (χ2v) is 7.13. The molecular formula is C20H19N3O4S. The summed E-state index contributed by atoms with van der Waals surface area (Å²) in [4.78, 5) is 23.6. The first kappa shape index (κ1) is 19.5. The molecule has 0 N–H and O–H groups in total. The maximum absolute atomic E-state index is 12.1. The molecule has 3 aromatic rings. The zero-order valence-electron chi connectivity index (χ0n) is 15.7. The number of methoxy groups -OCH3 is 1. The van der Waals surface area contributed by atoms with Crippen LogP contribution in [0.25, 0.3) is 6.08 Å². The summed E-state index contributed by atoms with van der Waals surface area (Å²) in [6, 6.07) is 9.17. The fourth-order valence-electron chi connectivity index (χ4n) is 2.97. The van der Waals surface area contributed by atoms with E-state index in [1.165, 1.54) is 17.4 Å². The number of aromatic nitrogens is 2. The van der Waals surface area contributed by atoms with Gasteiger partial charge < -0.3 is 4.74 Å². The van der Waals surface area contributed by atoms with Crippen LogP contribution in [0.1, 0.15) is 32.2 Å².